The van der Waals surface area contributed by atoms with E-state index in [0.29, 0.717) is 26.3 Å². The van der Waals surface area contributed by atoms with Gasteiger partial charge < -0.3 is 19.6 Å². The van der Waals surface area contributed by atoms with Crippen molar-refractivity contribution in [2.24, 2.45) is 5.41 Å². The van der Waals surface area contributed by atoms with Gasteiger partial charge in [0, 0.05) is 32.3 Å². The van der Waals surface area contributed by atoms with Crippen molar-refractivity contribution >= 4 is 29.3 Å². The zero-order valence-corrected chi connectivity index (χ0v) is 19.4. The number of likely N-dealkylation sites (tertiary alicyclic amines) is 2. The Morgan fingerprint density at radius 3 is 2.42 bits per heavy atom. The summed E-state index contributed by atoms with van der Waals surface area (Å²) in [6.45, 7) is 7.14. The van der Waals surface area contributed by atoms with E-state index in [1.807, 2.05) is 47.9 Å². The molecule has 2 fully saturated rings. The number of ether oxygens (including phenoxy) is 1. The molecule has 10 heteroatoms. The third-order valence-electron chi connectivity index (χ3n) is 6.69. The van der Waals surface area contributed by atoms with Crippen molar-refractivity contribution in [2.75, 3.05) is 32.8 Å². The van der Waals surface area contributed by atoms with Crippen LogP contribution in [0.25, 0.3) is 11.0 Å². The number of piperidine rings is 2. The number of carbonyl (C=O) groups is 3. The van der Waals surface area contributed by atoms with E-state index >= 15 is 0 Å². The van der Waals surface area contributed by atoms with Crippen LogP contribution in [0.4, 0.5) is 0 Å². The third kappa shape index (κ3) is 5.32. The predicted octanol–water partition coefficient (Wildman–Crippen LogP) is 1.79. The van der Waals surface area contributed by atoms with E-state index in [-0.39, 0.29) is 30.9 Å². The molecule has 10 nitrogen and oxygen atoms in total. The summed E-state index contributed by atoms with van der Waals surface area (Å²) in [5.41, 5.74) is 1.07. The molecule has 0 aliphatic carbocycles. The molecule has 1 aromatic heterocycles. The van der Waals surface area contributed by atoms with E-state index in [9.17, 15) is 9.59 Å². The van der Waals surface area contributed by atoms with E-state index in [1.165, 1.54) is 4.80 Å². The van der Waals surface area contributed by atoms with Crippen molar-refractivity contribution in [1.29, 1.82) is 0 Å². The first kappa shape index (κ1) is 24.6. The van der Waals surface area contributed by atoms with Gasteiger partial charge in [-0.05, 0) is 51.7 Å². The molecule has 2 saturated heterocycles. The number of amides is 2. The van der Waals surface area contributed by atoms with Crippen LogP contribution in [0.1, 0.15) is 39.5 Å². The van der Waals surface area contributed by atoms with E-state index in [4.69, 9.17) is 14.6 Å². The molecule has 3 heterocycles. The van der Waals surface area contributed by atoms with Crippen molar-refractivity contribution in [2.45, 2.75) is 52.1 Å². The molecular formula is C23H33N5O5. The Hall–Kier alpha value is -3.01. The van der Waals surface area contributed by atoms with Gasteiger partial charge in [0.1, 0.15) is 17.6 Å². The lowest BCUT2D eigenvalue weighted by Crippen LogP contribution is -2.62. The first-order valence-corrected chi connectivity index (χ1v) is 11.5. The summed E-state index contributed by atoms with van der Waals surface area (Å²) >= 11 is 0. The monoisotopic (exact) mass is 459 g/mol. The van der Waals surface area contributed by atoms with Crippen molar-refractivity contribution < 1.29 is 24.2 Å². The second kappa shape index (κ2) is 11.2. The first-order valence-electron chi connectivity index (χ1n) is 11.5. The van der Waals surface area contributed by atoms with Crippen LogP contribution in [0.15, 0.2) is 24.3 Å². The highest BCUT2D eigenvalue weighted by Crippen LogP contribution is 2.44. The number of nitrogens with zero attached hydrogens (tertiary/aromatic N) is 5. The van der Waals surface area contributed by atoms with Gasteiger partial charge in [-0.3, -0.25) is 14.4 Å². The smallest absolute Gasteiger partial charge is 0.290 e. The van der Waals surface area contributed by atoms with Gasteiger partial charge >= 0.3 is 0 Å². The van der Waals surface area contributed by atoms with Gasteiger partial charge in [0.05, 0.1) is 12.0 Å². The highest BCUT2D eigenvalue weighted by Gasteiger charge is 2.52. The van der Waals surface area contributed by atoms with Crippen LogP contribution in [0.5, 0.6) is 0 Å². The average Bonchev–Trinajstić information content (AvgIpc) is 3.21. The number of benzene rings is 1. The Labute approximate surface area is 193 Å². The number of rotatable bonds is 6. The average molecular weight is 460 g/mol. The minimum absolute atomic E-state index is 0.0267. The largest absolute Gasteiger partial charge is 0.483 e. The second-order valence-corrected chi connectivity index (χ2v) is 8.44. The molecule has 1 aromatic carbocycles. The molecule has 1 N–H and O–H groups in total. The number of aromatic nitrogens is 3. The quantitative estimate of drug-likeness (QED) is 0.517. The molecule has 2 amide bonds. The molecular weight excluding hydrogens is 426 g/mol. The number of carboxylic acid groups (broad SMARTS) is 1. The lowest BCUT2D eigenvalue weighted by atomic mass is 9.67. The standard InChI is InChI=1S/C22H31N5O3.CH2O2/c1-3-30-15-14-25-12-6-10-22(21(25)29)11-7-13-26(17(22)2)20(28)16-27-23-18-8-4-5-9-19(18)24-27;2-1-3/h4-5,8-9,17H,3,6-7,10-16H2,1-2H3;1H,(H,2,3)/t17-,22-;/m0./s1. The van der Waals surface area contributed by atoms with Crippen LogP contribution >= 0.6 is 0 Å². The highest BCUT2D eigenvalue weighted by atomic mass is 16.5. The molecule has 2 aromatic rings. The maximum absolute atomic E-state index is 13.5. The summed E-state index contributed by atoms with van der Waals surface area (Å²) in [5.74, 6) is 0.155. The summed E-state index contributed by atoms with van der Waals surface area (Å²) < 4.78 is 5.46. The Kier molecular flexibility index (Phi) is 8.37. The Morgan fingerprint density at radius 2 is 1.82 bits per heavy atom. The van der Waals surface area contributed by atoms with E-state index in [1.54, 1.807) is 0 Å². The summed E-state index contributed by atoms with van der Waals surface area (Å²) in [6, 6.07) is 7.46. The Bertz CT molecular complexity index is 927. The van der Waals surface area contributed by atoms with Crippen LogP contribution in [0.2, 0.25) is 0 Å². The van der Waals surface area contributed by atoms with E-state index < -0.39 is 5.41 Å². The highest BCUT2D eigenvalue weighted by molar-refractivity contribution is 5.86. The van der Waals surface area contributed by atoms with Gasteiger partial charge in [-0.25, -0.2) is 0 Å². The lowest BCUT2D eigenvalue weighted by Gasteiger charge is -2.51. The molecule has 2 atom stereocenters. The summed E-state index contributed by atoms with van der Waals surface area (Å²) in [7, 11) is 0. The third-order valence-corrected chi connectivity index (χ3v) is 6.69. The molecule has 1 spiro atoms. The van der Waals surface area contributed by atoms with Gasteiger partial charge in [0.15, 0.2) is 0 Å². The second-order valence-electron chi connectivity index (χ2n) is 8.44. The van der Waals surface area contributed by atoms with Gasteiger partial charge in [-0.2, -0.15) is 15.0 Å². The SMILES string of the molecule is CCOCCN1CCC[C@@]2(CCCN(C(=O)Cn3nc4ccccc4n3)[C@H]2C)C1=O.O=CO. The fraction of sp³-hybridized carbons (Fsp3) is 0.609. The normalized spacial score (nSPS) is 22.8. The van der Waals surface area contributed by atoms with Crippen LogP contribution < -0.4 is 0 Å². The molecule has 0 saturated carbocycles. The fourth-order valence-electron chi connectivity index (χ4n) is 5.05. The van der Waals surface area contributed by atoms with Gasteiger partial charge in [-0.1, -0.05) is 12.1 Å². The van der Waals surface area contributed by atoms with Crippen LogP contribution in [0.3, 0.4) is 0 Å². The van der Waals surface area contributed by atoms with Crippen LogP contribution in [-0.2, 0) is 25.7 Å². The molecule has 4 rings (SSSR count). The summed E-state index contributed by atoms with van der Waals surface area (Å²) in [4.78, 5) is 40.3. The predicted molar refractivity (Wildman–Crippen MR) is 121 cm³/mol. The molecule has 180 valence electrons. The number of hydrogen-bond donors (Lipinski definition) is 1. The van der Waals surface area contributed by atoms with Crippen LogP contribution in [0, 0.1) is 5.41 Å². The summed E-state index contributed by atoms with van der Waals surface area (Å²) in [5, 5.41) is 15.7. The number of hydrogen-bond acceptors (Lipinski definition) is 6. The van der Waals surface area contributed by atoms with Gasteiger partial charge in [0.25, 0.3) is 6.47 Å². The van der Waals surface area contributed by atoms with Crippen molar-refractivity contribution in [3.63, 3.8) is 0 Å². The van der Waals surface area contributed by atoms with Crippen molar-refractivity contribution in [3.8, 4) is 0 Å². The number of carbonyl (C=O) groups excluding carboxylic acids is 2. The maximum Gasteiger partial charge on any atom is 0.290 e. The van der Waals surface area contributed by atoms with Crippen LogP contribution in [-0.4, -0.2) is 87.1 Å². The Morgan fingerprint density at radius 1 is 1.21 bits per heavy atom. The van der Waals surface area contributed by atoms with Gasteiger partial charge in [-0.15, -0.1) is 0 Å². The maximum atomic E-state index is 13.5. The molecule has 0 bridgehead atoms. The van der Waals surface area contributed by atoms with Crippen molar-refractivity contribution in [1.82, 2.24) is 24.8 Å². The Balaban J connectivity index is 0.000000968. The molecule has 2 aliphatic heterocycles. The molecule has 0 radical (unpaired) electrons. The minimum Gasteiger partial charge on any atom is -0.483 e. The molecule has 2 aliphatic rings. The zero-order chi connectivity index (χ0) is 23.8. The van der Waals surface area contributed by atoms with Gasteiger partial charge in [0.2, 0.25) is 11.8 Å². The summed E-state index contributed by atoms with van der Waals surface area (Å²) in [6.07, 6.45) is 3.49. The fourth-order valence-corrected chi connectivity index (χ4v) is 5.05. The van der Waals surface area contributed by atoms with E-state index in [2.05, 4.69) is 10.2 Å². The molecule has 33 heavy (non-hydrogen) atoms. The number of fused-ring (bicyclic) bond motifs is 1. The van der Waals surface area contributed by atoms with E-state index in [0.717, 1.165) is 43.3 Å². The zero-order valence-electron chi connectivity index (χ0n) is 19.4. The lowest BCUT2D eigenvalue weighted by molar-refractivity contribution is -0.160. The molecule has 0 unspecified atom stereocenters. The topological polar surface area (TPSA) is 118 Å². The minimum atomic E-state index is -0.485. The first-order chi connectivity index (χ1) is 16.0. The van der Waals surface area contributed by atoms with Crippen molar-refractivity contribution in [3.05, 3.63) is 24.3 Å².